The highest BCUT2D eigenvalue weighted by molar-refractivity contribution is 7.73. The Morgan fingerprint density at radius 2 is 0.980 bits per heavy atom. The van der Waals surface area contributed by atoms with Crippen LogP contribution in [0.4, 0.5) is 0 Å². The van der Waals surface area contributed by atoms with Crippen LogP contribution in [0.15, 0.2) is 112 Å². The van der Waals surface area contributed by atoms with Crippen molar-refractivity contribution in [2.75, 3.05) is 6.16 Å². The Bertz CT molecular complexity index is 1990. The van der Waals surface area contributed by atoms with Gasteiger partial charge in [-0.1, -0.05) is 145 Å². The van der Waals surface area contributed by atoms with E-state index >= 15 is 0 Å². The highest BCUT2D eigenvalue weighted by Gasteiger charge is 2.29. The Labute approximate surface area is 295 Å². The maximum absolute atomic E-state index is 7.26. The molecule has 0 N–H and O–H groups in total. The molecule has 0 aliphatic heterocycles. The lowest BCUT2D eigenvalue weighted by molar-refractivity contribution is 0.289. The fraction of sp³-hybridized carbons (Fsp3) is 0.318. The van der Waals surface area contributed by atoms with Crippen LogP contribution < -0.4 is 15.1 Å². The molecule has 5 heteroatoms. The van der Waals surface area contributed by atoms with E-state index in [1.807, 2.05) is 0 Å². The van der Waals surface area contributed by atoms with E-state index in [9.17, 15) is 0 Å². The first-order chi connectivity index (χ1) is 23.2. The van der Waals surface area contributed by atoms with E-state index in [4.69, 9.17) is 12.9 Å². The van der Waals surface area contributed by atoms with Gasteiger partial charge in [0.1, 0.15) is 17.3 Å². The van der Waals surface area contributed by atoms with Crippen LogP contribution in [-0.2, 0) is 10.8 Å². The molecule has 0 fully saturated rings. The Morgan fingerprint density at radius 3 is 1.37 bits per heavy atom. The molecule has 0 aliphatic carbocycles. The van der Waals surface area contributed by atoms with Crippen LogP contribution in [0, 0.1) is 27.7 Å². The molecule has 3 nitrogen and oxygen atoms in total. The Morgan fingerprint density at radius 1 is 0.592 bits per heavy atom. The fourth-order valence-electron chi connectivity index (χ4n) is 6.61. The minimum atomic E-state index is -1.86. The van der Waals surface area contributed by atoms with Gasteiger partial charge in [-0.15, -0.1) is 0 Å². The number of benzene rings is 5. The van der Waals surface area contributed by atoms with Gasteiger partial charge in [0.2, 0.25) is 0 Å². The van der Waals surface area contributed by atoms with Gasteiger partial charge in [-0.25, -0.2) is 0 Å². The standard InChI is InChI=1S/C44H50O3P2/c1-29-26-36(43(5,6)7)41-39(31(29)3)40-32(4)30(2)27-37(44(8,9)10)42(40)47-49(46-41)45-38(33-20-14-11-15-21-33)28-48(34-22-16-12-17-23-34)35-24-18-13-19-25-35/h11-27,38H,28H2,1-10H3. The van der Waals surface area contributed by atoms with E-state index in [1.54, 1.807) is 0 Å². The third kappa shape index (κ3) is 7.32. The van der Waals surface area contributed by atoms with Crippen LogP contribution >= 0.6 is 16.2 Å². The topological polar surface area (TPSA) is 35.5 Å². The van der Waals surface area contributed by atoms with E-state index in [-0.39, 0.29) is 16.9 Å². The van der Waals surface area contributed by atoms with Crippen molar-refractivity contribution in [1.82, 2.24) is 0 Å². The average molecular weight is 689 g/mol. The summed E-state index contributed by atoms with van der Waals surface area (Å²) in [6.45, 7) is 22.5. The third-order valence-corrected chi connectivity index (χ3v) is 13.3. The number of fused-ring (bicyclic) bond motifs is 3. The number of hydrogen-bond donors (Lipinski definition) is 0. The third-order valence-electron chi connectivity index (χ3n) is 9.66. The highest BCUT2D eigenvalue weighted by atomic mass is 31.1. The summed E-state index contributed by atoms with van der Waals surface area (Å²) in [6.07, 6.45) is 0.523. The summed E-state index contributed by atoms with van der Waals surface area (Å²) in [4.78, 5) is 0. The van der Waals surface area contributed by atoms with Gasteiger partial charge in [-0.05, 0) is 84.9 Å². The summed E-state index contributed by atoms with van der Waals surface area (Å²) < 4.78 is 21.6. The van der Waals surface area contributed by atoms with Gasteiger partial charge < -0.3 is 8.39 Å². The fourth-order valence-corrected chi connectivity index (χ4v) is 10.3. The molecule has 1 atom stereocenters. The first kappa shape index (κ1) is 35.2. The molecule has 1 aromatic heterocycles. The maximum atomic E-state index is 7.26. The number of hydrogen-bond acceptors (Lipinski definition) is 3. The van der Waals surface area contributed by atoms with Crippen LogP contribution in [0.5, 0.6) is 0 Å². The first-order valence-electron chi connectivity index (χ1n) is 17.3. The zero-order valence-electron chi connectivity index (χ0n) is 30.7. The molecule has 0 amide bonds. The van der Waals surface area contributed by atoms with E-state index in [2.05, 4.69) is 172 Å². The minimum absolute atomic E-state index is 0.160. The molecule has 5 aromatic carbocycles. The molecular weight excluding hydrogens is 638 g/mol. The average Bonchev–Trinajstić information content (AvgIpc) is 3.24. The van der Waals surface area contributed by atoms with Crippen LogP contribution in [0.3, 0.4) is 0 Å². The van der Waals surface area contributed by atoms with Gasteiger partial charge in [0.25, 0.3) is 0 Å². The van der Waals surface area contributed by atoms with Crippen molar-refractivity contribution in [3.05, 3.63) is 142 Å². The Balaban J connectivity index is 1.67. The van der Waals surface area contributed by atoms with Crippen LogP contribution in [-0.4, -0.2) is 6.16 Å². The van der Waals surface area contributed by atoms with E-state index < -0.39 is 16.2 Å². The second-order valence-corrected chi connectivity index (χ2v) is 18.6. The Kier molecular flexibility index (Phi) is 10.0. The predicted octanol–water partition coefficient (Wildman–Crippen LogP) is 12.4. The van der Waals surface area contributed by atoms with Gasteiger partial charge in [-0.3, -0.25) is 4.52 Å². The largest absolute Gasteiger partial charge is 0.399 e. The molecule has 6 aromatic rings. The lowest BCUT2D eigenvalue weighted by Gasteiger charge is -2.25. The first-order valence-corrected chi connectivity index (χ1v) is 19.9. The van der Waals surface area contributed by atoms with Crippen molar-refractivity contribution in [3.8, 4) is 0 Å². The lowest BCUT2D eigenvalue weighted by Crippen LogP contribution is -2.20. The Hall–Kier alpha value is -3.61. The predicted molar refractivity (Wildman–Crippen MR) is 212 cm³/mol. The van der Waals surface area contributed by atoms with Crippen molar-refractivity contribution < 1.29 is 12.9 Å². The van der Waals surface area contributed by atoms with Gasteiger partial charge in [-0.2, -0.15) is 0 Å². The van der Waals surface area contributed by atoms with Crippen molar-refractivity contribution in [2.45, 2.75) is 86.2 Å². The zero-order valence-corrected chi connectivity index (χ0v) is 32.5. The highest BCUT2D eigenvalue weighted by Crippen LogP contribution is 2.47. The van der Waals surface area contributed by atoms with Crippen molar-refractivity contribution in [3.63, 3.8) is 0 Å². The molecule has 0 saturated carbocycles. The molecule has 1 heterocycles. The van der Waals surface area contributed by atoms with Gasteiger partial charge >= 0.3 is 8.24 Å². The maximum Gasteiger partial charge on any atom is 0.388 e. The van der Waals surface area contributed by atoms with E-state index in [0.717, 1.165) is 33.7 Å². The van der Waals surface area contributed by atoms with Gasteiger partial charge in [0.05, 0.1) is 0 Å². The van der Waals surface area contributed by atoms with Crippen LogP contribution in [0.25, 0.3) is 21.9 Å². The van der Waals surface area contributed by atoms with Crippen LogP contribution in [0.1, 0.15) is 86.6 Å². The summed E-state index contributed by atoms with van der Waals surface area (Å²) in [6, 6.07) is 36.9. The summed E-state index contributed by atoms with van der Waals surface area (Å²) in [7, 11) is -2.61. The summed E-state index contributed by atoms with van der Waals surface area (Å²) in [5, 5.41) is 4.91. The summed E-state index contributed by atoms with van der Waals surface area (Å²) >= 11 is 0. The van der Waals surface area contributed by atoms with Crippen LogP contribution in [0.2, 0.25) is 0 Å². The minimum Gasteiger partial charge on any atom is -0.399 e. The van der Waals surface area contributed by atoms with E-state index in [1.165, 1.54) is 44.0 Å². The molecule has 0 radical (unpaired) electrons. The van der Waals surface area contributed by atoms with E-state index in [0.29, 0.717) is 0 Å². The molecule has 0 spiro atoms. The second kappa shape index (κ2) is 14.0. The molecule has 0 bridgehead atoms. The number of aryl methyl sites for hydroxylation is 4. The number of rotatable bonds is 7. The van der Waals surface area contributed by atoms with Crippen molar-refractivity contribution >= 4 is 48.7 Å². The SMILES string of the molecule is Cc1cc(C(C)(C)C)c2op(OC(CP(c3ccccc3)c3ccccc3)c3ccccc3)oc3c(C(C)(C)C)cc(C)c(C)c3c2c1C. The monoisotopic (exact) mass is 688 g/mol. The second-order valence-electron chi connectivity index (χ2n) is 15.3. The molecule has 49 heavy (non-hydrogen) atoms. The quantitative estimate of drug-likeness (QED) is 0.157. The zero-order chi connectivity index (χ0) is 35.1. The molecule has 6 rings (SSSR count). The normalized spacial score (nSPS) is 13.0. The van der Waals surface area contributed by atoms with Crippen molar-refractivity contribution in [1.29, 1.82) is 0 Å². The molecule has 1 unspecified atom stereocenters. The van der Waals surface area contributed by atoms with Gasteiger partial charge in [0, 0.05) is 28.1 Å². The smallest absolute Gasteiger partial charge is 0.388 e. The molecule has 254 valence electrons. The molecule has 0 aliphatic rings. The lowest BCUT2D eigenvalue weighted by atomic mass is 9.81. The summed E-state index contributed by atoms with van der Waals surface area (Å²) in [5.74, 6) is 0. The molecular formula is C44H50O3P2. The summed E-state index contributed by atoms with van der Waals surface area (Å²) in [5.41, 5.74) is 9.84. The van der Waals surface area contributed by atoms with Crippen molar-refractivity contribution in [2.24, 2.45) is 0 Å². The molecule has 0 saturated heterocycles. The van der Waals surface area contributed by atoms with Gasteiger partial charge in [0.15, 0.2) is 0 Å².